The lowest BCUT2D eigenvalue weighted by atomic mass is 9.79. The number of carbonyl (C=O) groups excluding carboxylic acids is 1. The number of anilines is 2. The zero-order valence-electron chi connectivity index (χ0n) is 25.1. The molecular weight excluding hydrogens is 504 g/mol. The third kappa shape index (κ3) is 6.48. The lowest BCUT2D eigenvalue weighted by Crippen LogP contribution is -2.36. The van der Waals surface area contributed by atoms with Crippen LogP contribution in [0.15, 0.2) is 91.0 Å². The number of fused-ring (bicyclic) bond motifs is 1. The average Bonchev–Trinajstić information content (AvgIpc) is 3.00. The van der Waals surface area contributed by atoms with Gasteiger partial charge in [0.1, 0.15) is 12.4 Å². The van der Waals surface area contributed by atoms with Gasteiger partial charge in [-0.05, 0) is 95.8 Å². The zero-order valence-corrected chi connectivity index (χ0v) is 25.1. The molecule has 0 aliphatic heterocycles. The highest BCUT2D eigenvalue weighted by Gasteiger charge is 2.33. The molecule has 1 aliphatic carbocycles. The van der Waals surface area contributed by atoms with Crippen molar-refractivity contribution in [1.82, 2.24) is 0 Å². The normalized spacial score (nSPS) is 14.4. The summed E-state index contributed by atoms with van der Waals surface area (Å²) in [5, 5.41) is 0. The average molecular weight is 547 g/mol. The van der Waals surface area contributed by atoms with Crippen LogP contribution >= 0.6 is 0 Å². The number of aryl methyl sites for hydroxylation is 1. The van der Waals surface area contributed by atoms with Crippen molar-refractivity contribution in [2.75, 3.05) is 23.9 Å². The molecule has 212 valence electrons. The molecule has 1 atom stereocenters. The summed E-state index contributed by atoms with van der Waals surface area (Å²) in [6.07, 6.45) is 2.74. The van der Waals surface area contributed by atoms with Crippen LogP contribution in [-0.2, 0) is 24.4 Å². The molecule has 4 aromatic carbocycles. The van der Waals surface area contributed by atoms with E-state index in [1.165, 1.54) is 11.1 Å². The van der Waals surface area contributed by atoms with Gasteiger partial charge in [-0.2, -0.15) is 0 Å². The van der Waals surface area contributed by atoms with Crippen LogP contribution in [0.25, 0.3) is 0 Å². The first-order chi connectivity index (χ1) is 19.8. The second-order valence-corrected chi connectivity index (χ2v) is 11.7. The summed E-state index contributed by atoms with van der Waals surface area (Å²) >= 11 is 0. The largest absolute Gasteiger partial charge is 0.489 e. The molecule has 0 saturated carbocycles. The quantitative estimate of drug-likeness (QED) is 0.211. The van der Waals surface area contributed by atoms with Crippen molar-refractivity contribution >= 4 is 17.3 Å². The summed E-state index contributed by atoms with van der Waals surface area (Å²) < 4.78 is 6.35. The second-order valence-electron chi connectivity index (χ2n) is 11.7. The van der Waals surface area contributed by atoms with Crippen LogP contribution in [0, 0.1) is 6.92 Å². The van der Waals surface area contributed by atoms with Crippen LogP contribution in [-0.4, -0.2) is 20.0 Å². The summed E-state index contributed by atoms with van der Waals surface area (Å²) in [6.45, 7) is 7.58. The third-order valence-corrected chi connectivity index (χ3v) is 8.27. The highest BCUT2D eigenvalue weighted by Crippen LogP contribution is 2.41. The molecule has 0 fully saturated rings. The minimum absolute atomic E-state index is 0.156. The Morgan fingerprint density at radius 3 is 2.20 bits per heavy atom. The molecule has 1 aliphatic rings. The maximum Gasteiger partial charge on any atom is 0.234 e. The van der Waals surface area contributed by atoms with Crippen LogP contribution < -0.4 is 14.5 Å². The van der Waals surface area contributed by atoms with E-state index in [1.807, 2.05) is 37.2 Å². The molecule has 41 heavy (non-hydrogen) atoms. The first-order valence-corrected chi connectivity index (χ1v) is 14.8. The van der Waals surface area contributed by atoms with Gasteiger partial charge in [-0.15, -0.1) is 0 Å². The lowest BCUT2D eigenvalue weighted by molar-refractivity contribution is -0.120. The number of benzene rings is 4. The summed E-state index contributed by atoms with van der Waals surface area (Å²) in [5.74, 6) is 1.29. The number of carbonyl (C=O) groups is 1. The highest BCUT2D eigenvalue weighted by molar-refractivity contribution is 5.98. The third-order valence-electron chi connectivity index (χ3n) is 8.27. The first kappa shape index (κ1) is 28.5. The van der Waals surface area contributed by atoms with Crippen molar-refractivity contribution in [2.24, 2.45) is 0 Å². The van der Waals surface area contributed by atoms with Gasteiger partial charge in [0.15, 0.2) is 0 Å². The van der Waals surface area contributed by atoms with Crippen molar-refractivity contribution < 1.29 is 9.53 Å². The molecule has 0 aromatic heterocycles. The van der Waals surface area contributed by atoms with Gasteiger partial charge in [-0.3, -0.25) is 4.79 Å². The molecular formula is C37H42N2O2. The Labute approximate surface area is 245 Å². The summed E-state index contributed by atoms with van der Waals surface area (Å²) in [7, 11) is 4.09. The van der Waals surface area contributed by atoms with E-state index in [2.05, 4.69) is 98.5 Å². The van der Waals surface area contributed by atoms with Gasteiger partial charge in [0.25, 0.3) is 0 Å². The number of hydrogen-bond acceptors (Lipinski definition) is 3. The van der Waals surface area contributed by atoms with Crippen LogP contribution in [0.1, 0.15) is 71.9 Å². The van der Waals surface area contributed by atoms with E-state index in [1.54, 1.807) is 0 Å². The van der Waals surface area contributed by atoms with Gasteiger partial charge in [0.2, 0.25) is 5.91 Å². The Morgan fingerprint density at radius 1 is 0.854 bits per heavy atom. The number of ether oxygens (including phenoxy) is 1. The van der Waals surface area contributed by atoms with E-state index in [0.29, 0.717) is 19.1 Å². The molecule has 4 heteroatoms. The van der Waals surface area contributed by atoms with Crippen LogP contribution in [0.2, 0.25) is 0 Å². The summed E-state index contributed by atoms with van der Waals surface area (Å²) in [5.41, 5.74) is 9.12. The van der Waals surface area contributed by atoms with E-state index in [4.69, 9.17) is 4.74 Å². The Balaban J connectivity index is 1.48. The van der Waals surface area contributed by atoms with Gasteiger partial charge in [-0.25, -0.2) is 0 Å². The van der Waals surface area contributed by atoms with Crippen molar-refractivity contribution in [3.05, 3.63) is 124 Å². The van der Waals surface area contributed by atoms with Gasteiger partial charge >= 0.3 is 0 Å². The molecule has 5 rings (SSSR count). The van der Waals surface area contributed by atoms with Crippen LogP contribution in [0.5, 0.6) is 5.75 Å². The topological polar surface area (TPSA) is 32.8 Å². The molecule has 4 aromatic rings. The fraction of sp³-hybridized carbons (Fsp3) is 0.324. The maximum atomic E-state index is 14.6. The number of hydrogen-bond donors (Lipinski definition) is 0. The van der Waals surface area contributed by atoms with Gasteiger partial charge in [0, 0.05) is 25.5 Å². The SMILES string of the molecule is Cc1ccc(OCc2ccccc2)c2c1C(C(=O)N(Cc1ccc(N(C)C)cc1)c1ccc(C(C)C)cc1)CCC2. The van der Waals surface area contributed by atoms with Crippen LogP contribution in [0.4, 0.5) is 11.4 Å². The minimum Gasteiger partial charge on any atom is -0.489 e. The van der Waals surface area contributed by atoms with E-state index in [9.17, 15) is 4.79 Å². The van der Waals surface area contributed by atoms with E-state index < -0.39 is 0 Å². The van der Waals surface area contributed by atoms with E-state index >= 15 is 0 Å². The Hall–Kier alpha value is -4.05. The Morgan fingerprint density at radius 2 is 1.54 bits per heavy atom. The molecule has 0 heterocycles. The fourth-order valence-electron chi connectivity index (χ4n) is 5.86. The maximum absolute atomic E-state index is 14.6. The predicted octanol–water partition coefficient (Wildman–Crippen LogP) is 8.42. The van der Waals surface area contributed by atoms with Gasteiger partial charge < -0.3 is 14.5 Å². The van der Waals surface area contributed by atoms with Gasteiger partial charge in [0.05, 0.1) is 12.5 Å². The van der Waals surface area contributed by atoms with Crippen molar-refractivity contribution in [2.45, 2.75) is 65.0 Å². The Kier molecular flexibility index (Phi) is 8.78. The summed E-state index contributed by atoms with van der Waals surface area (Å²) in [4.78, 5) is 18.7. The summed E-state index contributed by atoms with van der Waals surface area (Å²) in [6, 6.07) is 31.5. The monoisotopic (exact) mass is 546 g/mol. The molecule has 0 radical (unpaired) electrons. The standard InChI is InChI=1S/C37H42N2O2/c1-26(2)30-17-21-32(22-18-30)39(24-28-15-19-31(20-16-28)38(4)5)37(40)34-13-9-12-33-35(23-14-27(3)36(33)34)41-25-29-10-7-6-8-11-29/h6-8,10-11,14-23,26,34H,9,12-13,24-25H2,1-5H3. The molecule has 1 amide bonds. The van der Waals surface area contributed by atoms with Gasteiger partial charge in [-0.1, -0.05) is 74.5 Å². The van der Waals surface area contributed by atoms with E-state index in [0.717, 1.165) is 58.6 Å². The molecule has 0 bridgehead atoms. The molecule has 0 N–H and O–H groups in total. The zero-order chi connectivity index (χ0) is 28.9. The number of rotatable bonds is 9. The predicted molar refractivity (Wildman–Crippen MR) is 170 cm³/mol. The lowest BCUT2D eigenvalue weighted by Gasteiger charge is -2.33. The fourth-order valence-corrected chi connectivity index (χ4v) is 5.86. The second kappa shape index (κ2) is 12.6. The van der Waals surface area contributed by atoms with E-state index in [-0.39, 0.29) is 11.8 Å². The minimum atomic E-state index is -0.204. The first-order valence-electron chi connectivity index (χ1n) is 14.8. The van der Waals surface area contributed by atoms with Crippen molar-refractivity contribution in [3.8, 4) is 5.75 Å². The molecule has 4 nitrogen and oxygen atoms in total. The molecule has 1 unspecified atom stereocenters. The number of nitrogens with zero attached hydrogens (tertiary/aromatic N) is 2. The van der Waals surface area contributed by atoms with Crippen molar-refractivity contribution in [3.63, 3.8) is 0 Å². The van der Waals surface area contributed by atoms with Crippen molar-refractivity contribution in [1.29, 1.82) is 0 Å². The Bertz CT molecular complexity index is 1460. The smallest absolute Gasteiger partial charge is 0.234 e. The van der Waals surface area contributed by atoms with Crippen LogP contribution in [0.3, 0.4) is 0 Å². The highest BCUT2D eigenvalue weighted by atomic mass is 16.5. The molecule has 0 saturated heterocycles. The molecule has 0 spiro atoms. The number of amides is 1.